The highest BCUT2D eigenvalue weighted by molar-refractivity contribution is 7.90. The normalized spacial score (nSPS) is 16.2. The van der Waals surface area contributed by atoms with Gasteiger partial charge >= 0.3 is 0 Å². The lowest BCUT2D eigenvalue weighted by atomic mass is 9.90. The summed E-state index contributed by atoms with van der Waals surface area (Å²) in [5.74, 6) is -0.118. The Labute approximate surface area is 152 Å². The molecule has 0 unspecified atom stereocenters. The molecule has 0 atom stereocenters. The number of aromatic nitrogens is 1. The highest BCUT2D eigenvalue weighted by Crippen LogP contribution is 2.35. The van der Waals surface area contributed by atoms with Crippen LogP contribution in [0.1, 0.15) is 29.9 Å². The molecule has 1 N–H and O–H groups in total. The van der Waals surface area contributed by atoms with Crippen molar-refractivity contribution in [2.75, 3.05) is 13.1 Å². The molecule has 1 saturated heterocycles. The van der Waals surface area contributed by atoms with Crippen LogP contribution in [0.3, 0.4) is 0 Å². The van der Waals surface area contributed by atoms with Gasteiger partial charge in [0.25, 0.3) is 10.0 Å². The molecule has 2 heterocycles. The number of piperidine rings is 1. The summed E-state index contributed by atoms with van der Waals surface area (Å²) >= 11 is 0. The molecule has 6 heteroatoms. The maximum atomic E-state index is 13.9. The van der Waals surface area contributed by atoms with Gasteiger partial charge in [0.1, 0.15) is 5.82 Å². The monoisotopic (exact) mass is 372 g/mol. The van der Waals surface area contributed by atoms with Gasteiger partial charge in [-0.2, -0.15) is 0 Å². The Morgan fingerprint density at radius 2 is 1.85 bits per heavy atom. The third-order valence-electron chi connectivity index (χ3n) is 5.17. The molecular weight excluding hydrogens is 351 g/mol. The van der Waals surface area contributed by atoms with E-state index < -0.39 is 10.0 Å². The molecule has 0 amide bonds. The number of fused-ring (bicyclic) bond motifs is 1. The molecule has 1 aliphatic rings. The lowest BCUT2D eigenvalue weighted by molar-refractivity contribution is 0.462. The maximum Gasteiger partial charge on any atom is 0.268 e. The molecule has 136 valence electrons. The van der Waals surface area contributed by atoms with Crippen LogP contribution in [0.4, 0.5) is 4.39 Å². The number of aryl methyl sites for hydroxylation is 1. The summed E-state index contributed by atoms with van der Waals surface area (Å²) in [7, 11) is -3.75. The number of benzene rings is 2. The van der Waals surface area contributed by atoms with Gasteiger partial charge in [-0.15, -0.1) is 0 Å². The average Bonchev–Trinajstić information content (AvgIpc) is 3.02. The number of rotatable bonds is 3. The molecular formula is C20H21FN2O2S. The van der Waals surface area contributed by atoms with Gasteiger partial charge < -0.3 is 5.32 Å². The summed E-state index contributed by atoms with van der Waals surface area (Å²) in [6, 6.07) is 11.3. The predicted molar refractivity (Wildman–Crippen MR) is 101 cm³/mol. The number of hydrogen-bond donors (Lipinski definition) is 1. The lowest BCUT2D eigenvalue weighted by Gasteiger charge is -2.22. The third-order valence-corrected chi connectivity index (χ3v) is 7.01. The molecule has 1 fully saturated rings. The van der Waals surface area contributed by atoms with Crippen LogP contribution in [0, 0.1) is 12.7 Å². The van der Waals surface area contributed by atoms with Crippen LogP contribution < -0.4 is 5.32 Å². The largest absolute Gasteiger partial charge is 0.317 e. The van der Waals surface area contributed by atoms with E-state index in [2.05, 4.69) is 5.32 Å². The third kappa shape index (κ3) is 2.83. The summed E-state index contributed by atoms with van der Waals surface area (Å²) < 4.78 is 41.8. The summed E-state index contributed by atoms with van der Waals surface area (Å²) in [6.07, 6.45) is 3.53. The number of nitrogens with one attached hydrogen (secondary N) is 1. The van der Waals surface area contributed by atoms with E-state index in [-0.39, 0.29) is 16.6 Å². The number of halogens is 1. The zero-order valence-corrected chi connectivity index (χ0v) is 15.4. The minimum absolute atomic E-state index is 0.230. The first-order chi connectivity index (χ1) is 12.5. The summed E-state index contributed by atoms with van der Waals surface area (Å²) in [5.41, 5.74) is 2.14. The smallest absolute Gasteiger partial charge is 0.268 e. The highest BCUT2D eigenvalue weighted by Gasteiger charge is 2.26. The maximum absolute atomic E-state index is 13.9. The Kier molecular flexibility index (Phi) is 4.32. The summed E-state index contributed by atoms with van der Waals surface area (Å²) in [6.45, 7) is 3.56. The first-order valence-electron chi connectivity index (χ1n) is 8.81. The quantitative estimate of drug-likeness (QED) is 0.761. The van der Waals surface area contributed by atoms with Gasteiger partial charge in [0.2, 0.25) is 0 Å². The second-order valence-corrected chi connectivity index (χ2v) is 8.62. The van der Waals surface area contributed by atoms with Gasteiger partial charge in [-0.1, -0.05) is 18.2 Å². The van der Waals surface area contributed by atoms with Crippen LogP contribution in [0.15, 0.2) is 53.6 Å². The summed E-state index contributed by atoms with van der Waals surface area (Å²) in [4.78, 5) is 0.276. The minimum atomic E-state index is -3.75. The predicted octanol–water partition coefficient (Wildman–Crippen LogP) is 3.79. The fourth-order valence-corrected chi connectivity index (χ4v) is 5.41. The Morgan fingerprint density at radius 3 is 2.58 bits per heavy atom. The molecule has 0 aliphatic carbocycles. The van der Waals surface area contributed by atoms with Gasteiger partial charge in [-0.05, 0) is 74.2 Å². The van der Waals surface area contributed by atoms with E-state index in [9.17, 15) is 12.8 Å². The SMILES string of the molecule is Cc1ccccc1S(=O)(=O)n1cc(C2CCNCC2)c2cc(F)ccc21. The molecule has 0 radical (unpaired) electrons. The van der Waals surface area contributed by atoms with Gasteiger partial charge in [0.05, 0.1) is 10.4 Å². The second-order valence-electron chi connectivity index (χ2n) is 6.84. The van der Waals surface area contributed by atoms with Crippen LogP contribution in [0.25, 0.3) is 10.9 Å². The Hall–Kier alpha value is -2.18. The van der Waals surface area contributed by atoms with Gasteiger partial charge in [-0.3, -0.25) is 0 Å². The standard InChI is InChI=1S/C20H21FN2O2S/c1-14-4-2-3-5-20(14)26(24,25)23-13-18(15-8-10-22-11-9-15)17-12-16(21)6-7-19(17)23/h2-7,12-13,15,22H,8-11H2,1H3. The van der Waals surface area contributed by atoms with Gasteiger partial charge in [-0.25, -0.2) is 16.8 Å². The van der Waals surface area contributed by atoms with Crippen molar-refractivity contribution in [1.29, 1.82) is 0 Å². The first kappa shape index (κ1) is 17.2. The fraction of sp³-hybridized carbons (Fsp3) is 0.300. The minimum Gasteiger partial charge on any atom is -0.317 e. The van der Waals surface area contributed by atoms with Crippen LogP contribution >= 0.6 is 0 Å². The van der Waals surface area contributed by atoms with Crippen LogP contribution in [-0.4, -0.2) is 25.5 Å². The van der Waals surface area contributed by atoms with Crippen molar-refractivity contribution in [1.82, 2.24) is 9.29 Å². The van der Waals surface area contributed by atoms with E-state index in [4.69, 9.17) is 0 Å². The molecule has 0 bridgehead atoms. The molecule has 1 aliphatic heterocycles. The molecule has 2 aromatic carbocycles. The lowest BCUT2D eigenvalue weighted by Crippen LogP contribution is -2.26. The Balaban J connectivity index is 1.95. The number of nitrogens with zero attached hydrogens (tertiary/aromatic N) is 1. The van der Waals surface area contributed by atoms with Gasteiger partial charge in [0.15, 0.2) is 0 Å². The van der Waals surface area contributed by atoms with Crippen molar-refractivity contribution < 1.29 is 12.8 Å². The number of hydrogen-bond acceptors (Lipinski definition) is 3. The topological polar surface area (TPSA) is 51.1 Å². The zero-order chi connectivity index (χ0) is 18.3. The first-order valence-corrected chi connectivity index (χ1v) is 10.2. The molecule has 3 aromatic rings. The van der Waals surface area contributed by atoms with Crippen molar-refractivity contribution in [3.05, 3.63) is 65.6 Å². The fourth-order valence-electron chi connectivity index (χ4n) is 3.81. The van der Waals surface area contributed by atoms with E-state index in [1.54, 1.807) is 37.4 Å². The average molecular weight is 372 g/mol. The molecule has 0 spiro atoms. The van der Waals surface area contributed by atoms with E-state index >= 15 is 0 Å². The molecule has 26 heavy (non-hydrogen) atoms. The van der Waals surface area contributed by atoms with Crippen LogP contribution in [0.5, 0.6) is 0 Å². The Morgan fingerprint density at radius 1 is 1.12 bits per heavy atom. The highest BCUT2D eigenvalue weighted by atomic mass is 32.2. The van der Waals surface area contributed by atoms with Gasteiger partial charge in [0, 0.05) is 11.6 Å². The van der Waals surface area contributed by atoms with E-state index in [0.29, 0.717) is 16.5 Å². The van der Waals surface area contributed by atoms with Crippen molar-refractivity contribution in [2.45, 2.75) is 30.6 Å². The van der Waals surface area contributed by atoms with Crippen molar-refractivity contribution >= 4 is 20.9 Å². The van der Waals surface area contributed by atoms with Crippen molar-refractivity contribution in [3.8, 4) is 0 Å². The van der Waals surface area contributed by atoms with E-state index in [1.807, 2.05) is 6.07 Å². The van der Waals surface area contributed by atoms with Crippen molar-refractivity contribution in [3.63, 3.8) is 0 Å². The molecule has 4 rings (SSSR count). The zero-order valence-electron chi connectivity index (χ0n) is 14.6. The second kappa shape index (κ2) is 6.52. The summed E-state index contributed by atoms with van der Waals surface area (Å²) in [5, 5.41) is 4.00. The molecule has 0 saturated carbocycles. The Bertz CT molecular complexity index is 1070. The van der Waals surface area contributed by atoms with E-state index in [1.165, 1.54) is 16.1 Å². The van der Waals surface area contributed by atoms with Crippen molar-refractivity contribution in [2.24, 2.45) is 0 Å². The molecule has 1 aromatic heterocycles. The molecule has 4 nitrogen and oxygen atoms in total. The van der Waals surface area contributed by atoms with E-state index in [0.717, 1.165) is 31.5 Å². The van der Waals surface area contributed by atoms with Crippen LogP contribution in [-0.2, 0) is 10.0 Å². The van der Waals surface area contributed by atoms with Crippen LogP contribution in [0.2, 0.25) is 0 Å².